The molecule has 84 valence electrons. The molecule has 2 nitrogen and oxygen atoms in total. The Kier molecular flexibility index (Phi) is 3.52. The van der Waals surface area contributed by atoms with Gasteiger partial charge in [-0.25, -0.2) is 4.98 Å². The van der Waals surface area contributed by atoms with Crippen LogP contribution in [0.5, 0.6) is 0 Å². The average molecular weight is 245 g/mol. The number of alkyl halides is 1. The van der Waals surface area contributed by atoms with Gasteiger partial charge in [0.05, 0.1) is 5.69 Å². The number of nitrogens with zero attached hydrogens (tertiary/aromatic N) is 2. The van der Waals surface area contributed by atoms with Gasteiger partial charge in [0, 0.05) is 23.8 Å². The first kappa shape index (κ1) is 11.2. The van der Waals surface area contributed by atoms with Crippen LogP contribution in [0, 0.1) is 19.8 Å². The molecule has 1 aromatic heterocycles. The fourth-order valence-corrected chi connectivity index (χ4v) is 3.24. The molecule has 0 radical (unpaired) electrons. The molecular formula is C11H17ClN2S. The van der Waals surface area contributed by atoms with E-state index in [1.807, 2.05) is 11.3 Å². The molecule has 2 heterocycles. The quantitative estimate of drug-likeness (QED) is 0.759. The number of halogens is 1. The Morgan fingerprint density at radius 1 is 1.53 bits per heavy atom. The Labute approximate surface area is 100 Å². The van der Waals surface area contributed by atoms with E-state index >= 15 is 0 Å². The first-order chi connectivity index (χ1) is 7.20. The molecule has 1 aliphatic rings. The van der Waals surface area contributed by atoms with Crippen LogP contribution in [0.15, 0.2) is 0 Å². The smallest absolute Gasteiger partial charge is 0.185 e. The summed E-state index contributed by atoms with van der Waals surface area (Å²) >= 11 is 7.59. The monoisotopic (exact) mass is 244 g/mol. The minimum Gasteiger partial charge on any atom is -0.348 e. The molecule has 15 heavy (non-hydrogen) atoms. The van der Waals surface area contributed by atoms with E-state index in [2.05, 4.69) is 23.7 Å². The summed E-state index contributed by atoms with van der Waals surface area (Å²) in [7, 11) is 0. The zero-order valence-electron chi connectivity index (χ0n) is 9.29. The summed E-state index contributed by atoms with van der Waals surface area (Å²) in [5.74, 6) is 1.56. The third kappa shape index (κ3) is 2.45. The molecule has 4 heteroatoms. The Hall–Kier alpha value is -0.280. The summed E-state index contributed by atoms with van der Waals surface area (Å²) in [6, 6.07) is 0. The molecule has 0 aromatic carbocycles. The summed E-state index contributed by atoms with van der Waals surface area (Å²) in [4.78, 5) is 8.34. The lowest BCUT2D eigenvalue weighted by Crippen LogP contribution is -2.19. The molecule has 0 amide bonds. The lowest BCUT2D eigenvalue weighted by Gasteiger charge is -2.14. The molecule has 1 aromatic rings. The van der Waals surface area contributed by atoms with Crippen molar-refractivity contribution in [3.63, 3.8) is 0 Å². The van der Waals surface area contributed by atoms with Crippen molar-refractivity contribution in [3.05, 3.63) is 10.6 Å². The number of hydrogen-bond donors (Lipinski definition) is 0. The van der Waals surface area contributed by atoms with Crippen LogP contribution in [-0.2, 0) is 0 Å². The number of hydrogen-bond acceptors (Lipinski definition) is 3. The van der Waals surface area contributed by atoms with Gasteiger partial charge in [0.25, 0.3) is 0 Å². The highest BCUT2D eigenvalue weighted by atomic mass is 35.5. The number of anilines is 1. The van der Waals surface area contributed by atoms with Gasteiger partial charge in [0.2, 0.25) is 0 Å². The first-order valence-corrected chi connectivity index (χ1v) is 6.80. The van der Waals surface area contributed by atoms with Crippen molar-refractivity contribution < 1.29 is 0 Å². The van der Waals surface area contributed by atoms with Crippen molar-refractivity contribution >= 4 is 28.1 Å². The van der Waals surface area contributed by atoms with E-state index < -0.39 is 0 Å². The van der Waals surface area contributed by atoms with Crippen molar-refractivity contribution in [1.29, 1.82) is 0 Å². The Morgan fingerprint density at radius 2 is 2.33 bits per heavy atom. The van der Waals surface area contributed by atoms with Gasteiger partial charge in [-0.15, -0.1) is 22.9 Å². The van der Waals surface area contributed by atoms with E-state index in [0.717, 1.165) is 31.3 Å². The third-order valence-electron chi connectivity index (χ3n) is 3.09. The Balaban J connectivity index is 2.01. The van der Waals surface area contributed by atoms with E-state index in [0.29, 0.717) is 0 Å². The van der Waals surface area contributed by atoms with E-state index in [4.69, 9.17) is 11.6 Å². The lowest BCUT2D eigenvalue weighted by atomic mass is 10.1. The van der Waals surface area contributed by atoms with Crippen molar-refractivity contribution in [3.8, 4) is 0 Å². The second-order valence-electron chi connectivity index (χ2n) is 4.22. The van der Waals surface area contributed by atoms with Crippen LogP contribution in [0.1, 0.15) is 23.4 Å². The maximum absolute atomic E-state index is 5.77. The minimum atomic E-state index is 0.770. The highest BCUT2D eigenvalue weighted by Crippen LogP contribution is 2.30. The number of aryl methyl sites for hydroxylation is 2. The molecular weight excluding hydrogens is 228 g/mol. The third-order valence-corrected chi connectivity index (χ3v) is 4.44. The molecule has 1 unspecified atom stereocenters. The van der Waals surface area contributed by atoms with Crippen LogP contribution >= 0.6 is 22.9 Å². The summed E-state index contributed by atoms with van der Waals surface area (Å²) < 4.78 is 0. The SMILES string of the molecule is Cc1nc(N2CCC(CCCl)C2)sc1C. The van der Waals surface area contributed by atoms with Crippen molar-refractivity contribution in [1.82, 2.24) is 4.98 Å². The average Bonchev–Trinajstić information content (AvgIpc) is 2.76. The number of rotatable bonds is 3. The van der Waals surface area contributed by atoms with Crippen molar-refractivity contribution in [2.75, 3.05) is 23.9 Å². The van der Waals surface area contributed by atoms with Gasteiger partial charge in [-0.1, -0.05) is 0 Å². The van der Waals surface area contributed by atoms with Gasteiger partial charge in [-0.05, 0) is 32.6 Å². The normalized spacial score (nSPS) is 21.3. The second-order valence-corrected chi connectivity index (χ2v) is 5.78. The van der Waals surface area contributed by atoms with E-state index in [9.17, 15) is 0 Å². The topological polar surface area (TPSA) is 16.1 Å². The molecule has 0 bridgehead atoms. The number of thiazole rings is 1. The van der Waals surface area contributed by atoms with Crippen LogP contribution in [0.2, 0.25) is 0 Å². The molecule has 0 N–H and O–H groups in total. The predicted molar refractivity (Wildman–Crippen MR) is 67.2 cm³/mol. The van der Waals surface area contributed by atoms with Crippen LogP contribution < -0.4 is 4.90 Å². The molecule has 0 spiro atoms. The molecule has 0 aliphatic carbocycles. The predicted octanol–water partition coefficient (Wildman–Crippen LogP) is 3.22. The Bertz CT molecular complexity index is 318. The van der Waals surface area contributed by atoms with Gasteiger partial charge < -0.3 is 4.90 Å². The van der Waals surface area contributed by atoms with E-state index in [1.54, 1.807) is 0 Å². The zero-order chi connectivity index (χ0) is 10.8. The van der Waals surface area contributed by atoms with E-state index in [1.165, 1.54) is 22.1 Å². The first-order valence-electron chi connectivity index (χ1n) is 5.45. The molecule has 0 saturated carbocycles. The summed E-state index contributed by atoms with van der Waals surface area (Å²) in [6.45, 7) is 6.51. The van der Waals surface area contributed by atoms with Gasteiger partial charge >= 0.3 is 0 Å². The lowest BCUT2D eigenvalue weighted by molar-refractivity contribution is 0.572. The fraction of sp³-hybridized carbons (Fsp3) is 0.727. The second kappa shape index (κ2) is 4.71. The van der Waals surface area contributed by atoms with Gasteiger partial charge in [0.15, 0.2) is 5.13 Å². The molecule has 1 aliphatic heterocycles. The van der Waals surface area contributed by atoms with Gasteiger partial charge in [0.1, 0.15) is 0 Å². The van der Waals surface area contributed by atoms with Gasteiger partial charge in [-0.3, -0.25) is 0 Å². The standard InChI is InChI=1S/C11H17ClN2S/c1-8-9(2)15-11(13-8)14-6-4-10(7-14)3-5-12/h10H,3-7H2,1-2H3. The highest BCUT2D eigenvalue weighted by molar-refractivity contribution is 7.15. The zero-order valence-corrected chi connectivity index (χ0v) is 10.9. The van der Waals surface area contributed by atoms with Crippen molar-refractivity contribution in [2.24, 2.45) is 5.92 Å². The van der Waals surface area contributed by atoms with Crippen LogP contribution in [0.3, 0.4) is 0 Å². The highest BCUT2D eigenvalue weighted by Gasteiger charge is 2.24. The molecule has 1 atom stereocenters. The largest absolute Gasteiger partial charge is 0.348 e. The summed E-state index contributed by atoms with van der Waals surface area (Å²) in [5.41, 5.74) is 1.18. The molecule has 1 fully saturated rings. The molecule has 2 rings (SSSR count). The maximum Gasteiger partial charge on any atom is 0.185 e. The summed E-state index contributed by atoms with van der Waals surface area (Å²) in [5, 5.41) is 1.20. The van der Waals surface area contributed by atoms with Crippen LogP contribution in [0.4, 0.5) is 5.13 Å². The fourth-order valence-electron chi connectivity index (χ4n) is 1.99. The maximum atomic E-state index is 5.77. The van der Waals surface area contributed by atoms with Crippen LogP contribution in [0.25, 0.3) is 0 Å². The van der Waals surface area contributed by atoms with Crippen molar-refractivity contribution in [2.45, 2.75) is 26.7 Å². The molecule has 1 saturated heterocycles. The summed E-state index contributed by atoms with van der Waals surface area (Å²) in [6.07, 6.45) is 2.41. The van der Waals surface area contributed by atoms with Gasteiger partial charge in [-0.2, -0.15) is 0 Å². The number of aromatic nitrogens is 1. The van der Waals surface area contributed by atoms with E-state index in [-0.39, 0.29) is 0 Å². The minimum absolute atomic E-state index is 0.770. The van der Waals surface area contributed by atoms with Crippen LogP contribution in [-0.4, -0.2) is 24.0 Å². The Morgan fingerprint density at radius 3 is 2.93 bits per heavy atom.